The van der Waals surface area contributed by atoms with Gasteiger partial charge < -0.3 is 4.42 Å². The highest BCUT2D eigenvalue weighted by atomic mass is 16.3. The second-order valence-corrected chi connectivity index (χ2v) is 13.2. The maximum Gasteiger partial charge on any atom is 0.164 e. The minimum absolute atomic E-state index is 0.589. The number of nitrogens with zero attached hydrogens (tertiary/aromatic N) is 3. The van der Waals surface area contributed by atoms with E-state index in [2.05, 4.69) is 140 Å². The van der Waals surface area contributed by atoms with E-state index in [-0.39, 0.29) is 0 Å². The van der Waals surface area contributed by atoms with E-state index in [9.17, 15) is 0 Å². The first-order valence-corrected chi connectivity index (χ1v) is 17.8. The molecule has 0 amide bonds. The number of furan rings is 1. The molecule has 0 atom stereocenters. The van der Waals surface area contributed by atoms with Gasteiger partial charge in [-0.2, -0.15) is 0 Å². The molecule has 0 unspecified atom stereocenters. The van der Waals surface area contributed by atoms with E-state index < -0.39 is 0 Å². The van der Waals surface area contributed by atoms with Crippen molar-refractivity contribution in [2.45, 2.75) is 0 Å². The summed E-state index contributed by atoms with van der Waals surface area (Å²) >= 11 is 0. The van der Waals surface area contributed by atoms with Gasteiger partial charge in [0.05, 0.1) is 0 Å². The summed E-state index contributed by atoms with van der Waals surface area (Å²) in [5.41, 5.74) is 11.2. The maximum atomic E-state index is 6.42. The Labute approximate surface area is 306 Å². The molecule has 0 spiro atoms. The van der Waals surface area contributed by atoms with Crippen LogP contribution in [-0.2, 0) is 0 Å². The number of rotatable bonds is 6. The van der Waals surface area contributed by atoms with Gasteiger partial charge in [-0.1, -0.05) is 164 Å². The molecule has 0 aliphatic rings. The van der Waals surface area contributed by atoms with Crippen LogP contribution in [0.15, 0.2) is 192 Å². The summed E-state index contributed by atoms with van der Waals surface area (Å²) in [6, 6.07) is 65.2. The molecule has 0 saturated heterocycles. The molecule has 4 heteroatoms. The topological polar surface area (TPSA) is 51.8 Å². The van der Waals surface area contributed by atoms with Crippen LogP contribution in [0.1, 0.15) is 0 Å². The first-order chi connectivity index (χ1) is 26.3. The Morgan fingerprint density at radius 2 is 0.906 bits per heavy atom. The zero-order valence-corrected chi connectivity index (χ0v) is 28.6. The lowest BCUT2D eigenvalue weighted by Gasteiger charge is -2.15. The minimum Gasteiger partial charge on any atom is -0.456 e. The predicted molar refractivity (Wildman–Crippen MR) is 217 cm³/mol. The summed E-state index contributed by atoms with van der Waals surface area (Å²) in [7, 11) is 0. The third-order valence-electron chi connectivity index (χ3n) is 9.95. The van der Waals surface area contributed by atoms with Gasteiger partial charge in [0.25, 0.3) is 0 Å². The second-order valence-electron chi connectivity index (χ2n) is 13.2. The van der Waals surface area contributed by atoms with E-state index in [0.717, 1.165) is 72.0 Å². The van der Waals surface area contributed by atoms with Crippen LogP contribution in [0.2, 0.25) is 0 Å². The van der Waals surface area contributed by atoms with Gasteiger partial charge in [-0.25, -0.2) is 15.0 Å². The highest BCUT2D eigenvalue weighted by Gasteiger charge is 2.20. The predicted octanol–water partition coefficient (Wildman–Crippen LogP) is 12.9. The molecule has 0 N–H and O–H groups in total. The zero-order chi connectivity index (χ0) is 35.1. The normalized spacial score (nSPS) is 11.4. The molecule has 248 valence electrons. The van der Waals surface area contributed by atoms with Gasteiger partial charge in [-0.15, -0.1) is 0 Å². The van der Waals surface area contributed by atoms with Crippen LogP contribution in [-0.4, -0.2) is 15.0 Å². The summed E-state index contributed by atoms with van der Waals surface area (Å²) in [5, 5.41) is 4.39. The lowest BCUT2D eigenvalue weighted by molar-refractivity contribution is 0.669. The smallest absolute Gasteiger partial charge is 0.164 e. The highest BCUT2D eigenvalue weighted by Crippen LogP contribution is 2.41. The summed E-state index contributed by atoms with van der Waals surface area (Å²) in [6.45, 7) is 0. The Balaban J connectivity index is 1.21. The van der Waals surface area contributed by atoms with Crippen molar-refractivity contribution >= 4 is 32.7 Å². The van der Waals surface area contributed by atoms with Crippen LogP contribution in [0.4, 0.5) is 0 Å². The average molecular weight is 678 g/mol. The van der Waals surface area contributed by atoms with E-state index in [4.69, 9.17) is 19.4 Å². The third kappa shape index (κ3) is 5.54. The van der Waals surface area contributed by atoms with Gasteiger partial charge in [0.2, 0.25) is 0 Å². The standard InChI is InChI=1S/C49H31N3O/c1-4-14-32(15-5-1)36-27-29-44-43(30-36)46-41(24-13-25-45(46)53-44)49-51-47(35-19-8-3-9-20-35)50-48(52-49)37-26-28-39(33-16-6-2-7-17-33)42(31-37)40-23-12-21-34-18-10-11-22-38(34)40/h1-31H. The van der Waals surface area contributed by atoms with Crippen LogP contribution in [0.5, 0.6) is 0 Å². The Morgan fingerprint density at radius 3 is 1.70 bits per heavy atom. The van der Waals surface area contributed by atoms with Crippen molar-refractivity contribution in [1.82, 2.24) is 15.0 Å². The van der Waals surface area contributed by atoms with E-state index >= 15 is 0 Å². The Hall–Kier alpha value is -7.17. The van der Waals surface area contributed by atoms with Crippen molar-refractivity contribution in [3.8, 4) is 67.5 Å². The number of benzene rings is 8. The van der Waals surface area contributed by atoms with Crippen LogP contribution in [0.25, 0.3) is 100 Å². The first-order valence-electron chi connectivity index (χ1n) is 17.8. The fourth-order valence-corrected chi connectivity index (χ4v) is 7.40. The van der Waals surface area contributed by atoms with E-state index in [1.165, 1.54) is 10.8 Å². The summed E-state index contributed by atoms with van der Waals surface area (Å²) < 4.78 is 6.42. The molecule has 0 bridgehead atoms. The van der Waals surface area contributed by atoms with Gasteiger partial charge in [0.15, 0.2) is 17.5 Å². The van der Waals surface area contributed by atoms with Crippen LogP contribution in [0.3, 0.4) is 0 Å². The van der Waals surface area contributed by atoms with Crippen molar-refractivity contribution in [2.75, 3.05) is 0 Å². The lowest BCUT2D eigenvalue weighted by Crippen LogP contribution is -2.01. The van der Waals surface area contributed by atoms with Crippen molar-refractivity contribution in [1.29, 1.82) is 0 Å². The first kappa shape index (κ1) is 30.6. The van der Waals surface area contributed by atoms with Gasteiger partial charge >= 0.3 is 0 Å². The van der Waals surface area contributed by atoms with Crippen molar-refractivity contribution in [3.05, 3.63) is 188 Å². The summed E-state index contributed by atoms with van der Waals surface area (Å²) in [5.74, 6) is 1.80. The third-order valence-corrected chi connectivity index (χ3v) is 9.95. The lowest BCUT2D eigenvalue weighted by atomic mass is 9.90. The van der Waals surface area contributed by atoms with Gasteiger partial charge in [-0.3, -0.25) is 0 Å². The molecule has 0 fully saturated rings. The summed E-state index contributed by atoms with van der Waals surface area (Å²) in [4.78, 5) is 15.5. The van der Waals surface area contributed by atoms with E-state index in [1.807, 2.05) is 48.5 Å². The molecule has 0 radical (unpaired) electrons. The number of aromatic nitrogens is 3. The van der Waals surface area contributed by atoms with Gasteiger partial charge in [0.1, 0.15) is 11.2 Å². The minimum atomic E-state index is 0.589. The van der Waals surface area contributed by atoms with Crippen molar-refractivity contribution in [2.24, 2.45) is 0 Å². The molecule has 10 rings (SSSR count). The molecular weight excluding hydrogens is 647 g/mol. The molecule has 4 nitrogen and oxygen atoms in total. The van der Waals surface area contributed by atoms with Crippen molar-refractivity contribution in [3.63, 3.8) is 0 Å². The molecule has 0 saturated carbocycles. The highest BCUT2D eigenvalue weighted by molar-refractivity contribution is 6.13. The molecular formula is C49H31N3O. The molecule has 2 heterocycles. The summed E-state index contributed by atoms with van der Waals surface area (Å²) in [6.07, 6.45) is 0. The number of fused-ring (bicyclic) bond motifs is 4. The molecule has 0 aliphatic heterocycles. The SMILES string of the molecule is c1ccc(-c2ccc3oc4cccc(-c5nc(-c6ccccc6)nc(-c6ccc(-c7ccccc7)c(-c7cccc8ccccc78)c6)n5)c4c3c2)cc1. The van der Waals surface area contributed by atoms with Gasteiger partial charge in [-0.05, 0) is 68.4 Å². The van der Waals surface area contributed by atoms with Gasteiger partial charge in [0, 0.05) is 27.5 Å². The van der Waals surface area contributed by atoms with Crippen LogP contribution in [0, 0.1) is 0 Å². The van der Waals surface area contributed by atoms with Crippen LogP contribution >= 0.6 is 0 Å². The monoisotopic (exact) mass is 677 g/mol. The number of hydrogen-bond acceptors (Lipinski definition) is 4. The average Bonchev–Trinajstić information content (AvgIpc) is 3.62. The zero-order valence-electron chi connectivity index (χ0n) is 28.6. The second kappa shape index (κ2) is 12.9. The Morgan fingerprint density at radius 1 is 0.302 bits per heavy atom. The number of hydrogen-bond donors (Lipinski definition) is 0. The quantitative estimate of drug-likeness (QED) is 0.176. The fraction of sp³-hybridized carbons (Fsp3) is 0. The molecule has 53 heavy (non-hydrogen) atoms. The maximum absolute atomic E-state index is 6.42. The molecule has 8 aromatic carbocycles. The fourth-order valence-electron chi connectivity index (χ4n) is 7.40. The van der Waals surface area contributed by atoms with Crippen LogP contribution < -0.4 is 0 Å². The molecule has 2 aromatic heterocycles. The molecule has 10 aromatic rings. The largest absolute Gasteiger partial charge is 0.456 e. The van der Waals surface area contributed by atoms with E-state index in [0.29, 0.717) is 17.5 Å². The molecule has 0 aliphatic carbocycles. The van der Waals surface area contributed by atoms with E-state index in [1.54, 1.807) is 0 Å². The Bertz CT molecular complexity index is 2930. The Kier molecular flexibility index (Phi) is 7.43. The van der Waals surface area contributed by atoms with Crippen molar-refractivity contribution < 1.29 is 4.42 Å².